The highest BCUT2D eigenvalue weighted by molar-refractivity contribution is 5.65. The van der Waals surface area contributed by atoms with Gasteiger partial charge in [0.25, 0.3) is 0 Å². The van der Waals surface area contributed by atoms with E-state index < -0.39 is 0 Å². The lowest BCUT2D eigenvalue weighted by molar-refractivity contribution is 0.238. The number of rotatable bonds is 3. The van der Waals surface area contributed by atoms with Crippen LogP contribution in [0.4, 0.5) is 0 Å². The fourth-order valence-corrected chi connectivity index (χ4v) is 2.67. The van der Waals surface area contributed by atoms with Crippen molar-refractivity contribution in [2.45, 2.75) is 46.0 Å². The molecule has 0 heteroatoms. The Morgan fingerprint density at radius 1 is 1.25 bits per heavy atom. The minimum absolute atomic E-state index is 0.582. The molecule has 0 aromatic heterocycles. The summed E-state index contributed by atoms with van der Waals surface area (Å²) in [6, 6.07) is 11.7. The van der Waals surface area contributed by atoms with Crippen LogP contribution in [-0.4, -0.2) is 0 Å². The maximum atomic E-state index is 3.33. The second-order valence-electron chi connectivity index (χ2n) is 4.92. The zero-order valence-corrected chi connectivity index (χ0v) is 10.4. The van der Waals surface area contributed by atoms with E-state index in [1.807, 2.05) is 12.1 Å². The first-order chi connectivity index (χ1) is 7.79. The van der Waals surface area contributed by atoms with Gasteiger partial charge in [-0.2, -0.15) is 0 Å². The molecule has 16 heavy (non-hydrogen) atoms. The third-order valence-electron chi connectivity index (χ3n) is 4.26. The molecule has 0 bridgehead atoms. The molecule has 0 N–H and O–H groups in total. The zero-order valence-electron chi connectivity index (χ0n) is 10.4. The lowest BCUT2D eigenvalue weighted by Gasteiger charge is -2.35. The van der Waals surface area contributed by atoms with Crippen molar-refractivity contribution in [1.82, 2.24) is 0 Å². The van der Waals surface area contributed by atoms with Gasteiger partial charge in [0, 0.05) is 0 Å². The number of hydrogen-bond acceptors (Lipinski definition) is 0. The quantitative estimate of drug-likeness (QED) is 0.672. The Hall–Kier alpha value is -1.04. The van der Waals surface area contributed by atoms with Crippen LogP contribution in [-0.2, 0) is 0 Å². The van der Waals surface area contributed by atoms with Crippen LogP contribution in [0.2, 0.25) is 0 Å². The first-order valence-electron chi connectivity index (χ1n) is 6.46. The summed E-state index contributed by atoms with van der Waals surface area (Å²) in [7, 11) is 0. The van der Waals surface area contributed by atoms with Crippen molar-refractivity contribution in [1.29, 1.82) is 0 Å². The highest BCUT2D eigenvalue weighted by Gasteiger charge is 2.28. The van der Waals surface area contributed by atoms with E-state index in [0.717, 1.165) is 0 Å². The molecule has 0 unspecified atom stereocenters. The molecule has 1 aromatic rings. The van der Waals surface area contributed by atoms with Crippen molar-refractivity contribution in [3.05, 3.63) is 42.0 Å². The predicted octanol–water partition coefficient (Wildman–Crippen LogP) is 4.86. The summed E-state index contributed by atoms with van der Waals surface area (Å²) in [5.74, 6) is 0. The van der Waals surface area contributed by atoms with Gasteiger partial charge in [-0.05, 0) is 41.9 Å². The molecule has 1 aromatic carbocycles. The van der Waals surface area contributed by atoms with Crippen LogP contribution in [0, 0.1) is 11.5 Å². The summed E-state index contributed by atoms with van der Waals surface area (Å²) in [5.41, 5.74) is 3.37. The zero-order chi connectivity index (χ0) is 11.4. The van der Waals surface area contributed by atoms with E-state index in [-0.39, 0.29) is 0 Å². The molecule has 1 radical (unpaired) electrons. The smallest absolute Gasteiger partial charge is 0.0103 e. The molecule has 0 spiro atoms. The first kappa shape index (κ1) is 11.4. The Bertz CT molecular complexity index is 355. The molecule has 0 heterocycles. The molecule has 1 aliphatic carbocycles. The maximum absolute atomic E-state index is 3.33. The van der Waals surface area contributed by atoms with Crippen molar-refractivity contribution in [2.24, 2.45) is 5.41 Å². The minimum Gasteiger partial charge on any atom is -0.0801 e. The summed E-state index contributed by atoms with van der Waals surface area (Å²) in [5, 5.41) is 0. The Morgan fingerprint density at radius 3 is 2.56 bits per heavy atom. The van der Waals surface area contributed by atoms with E-state index in [4.69, 9.17) is 0 Å². The second-order valence-corrected chi connectivity index (χ2v) is 4.92. The van der Waals surface area contributed by atoms with E-state index in [1.165, 1.54) is 43.2 Å². The Kier molecular flexibility index (Phi) is 3.48. The molecular weight excluding hydrogens is 192 g/mol. The van der Waals surface area contributed by atoms with Crippen LogP contribution >= 0.6 is 0 Å². The fourth-order valence-electron chi connectivity index (χ4n) is 2.67. The van der Waals surface area contributed by atoms with Crippen molar-refractivity contribution >= 4 is 5.57 Å². The molecule has 0 amide bonds. The number of benzene rings is 1. The van der Waals surface area contributed by atoms with Crippen molar-refractivity contribution in [3.8, 4) is 0 Å². The van der Waals surface area contributed by atoms with Gasteiger partial charge in [0.2, 0.25) is 0 Å². The molecule has 0 nitrogen and oxygen atoms in total. The minimum atomic E-state index is 0.582. The third-order valence-corrected chi connectivity index (χ3v) is 4.26. The lowest BCUT2D eigenvalue weighted by Crippen LogP contribution is -2.21. The predicted molar refractivity (Wildman–Crippen MR) is 70.1 cm³/mol. The molecule has 1 aliphatic rings. The van der Waals surface area contributed by atoms with E-state index in [9.17, 15) is 0 Å². The normalized spacial score (nSPS) is 19.2. The van der Waals surface area contributed by atoms with Gasteiger partial charge in [-0.15, -0.1) is 0 Å². The van der Waals surface area contributed by atoms with Gasteiger partial charge >= 0.3 is 0 Å². The molecule has 0 saturated carbocycles. The monoisotopic (exact) mass is 213 g/mol. The van der Waals surface area contributed by atoms with Crippen molar-refractivity contribution in [2.75, 3.05) is 0 Å². The Morgan fingerprint density at radius 2 is 2.06 bits per heavy atom. The largest absolute Gasteiger partial charge is 0.0801 e. The van der Waals surface area contributed by atoms with Gasteiger partial charge in [0.15, 0.2) is 0 Å². The summed E-state index contributed by atoms with van der Waals surface area (Å²) in [6.07, 6.45) is 8.88. The second kappa shape index (κ2) is 4.86. The fraction of sp³-hybridized carbons (Fsp3) is 0.500. The van der Waals surface area contributed by atoms with Crippen LogP contribution in [0.15, 0.2) is 30.3 Å². The highest BCUT2D eigenvalue weighted by Crippen LogP contribution is 2.43. The average molecular weight is 213 g/mol. The van der Waals surface area contributed by atoms with Crippen LogP contribution in [0.1, 0.15) is 51.5 Å². The van der Waals surface area contributed by atoms with Crippen LogP contribution in [0.3, 0.4) is 0 Å². The van der Waals surface area contributed by atoms with Crippen LogP contribution < -0.4 is 0 Å². The van der Waals surface area contributed by atoms with E-state index in [0.29, 0.717) is 5.41 Å². The van der Waals surface area contributed by atoms with Gasteiger partial charge in [-0.25, -0.2) is 0 Å². The van der Waals surface area contributed by atoms with E-state index >= 15 is 0 Å². The molecular formula is C16H21. The van der Waals surface area contributed by atoms with Crippen LogP contribution in [0.25, 0.3) is 5.57 Å². The van der Waals surface area contributed by atoms with Crippen molar-refractivity contribution < 1.29 is 0 Å². The molecule has 0 fully saturated rings. The molecule has 0 atom stereocenters. The van der Waals surface area contributed by atoms with Gasteiger partial charge < -0.3 is 0 Å². The standard InChI is InChI=1S/C16H21/c1-3-16(4-2)12-10-15(11-13-16)14-8-6-5-7-9-14/h5-8,10H,3-4,11-13H2,1-2H3. The Labute approximate surface area is 99.4 Å². The van der Waals surface area contributed by atoms with Crippen LogP contribution in [0.5, 0.6) is 0 Å². The van der Waals surface area contributed by atoms with E-state index in [2.05, 4.69) is 38.1 Å². The third kappa shape index (κ3) is 2.21. The van der Waals surface area contributed by atoms with Gasteiger partial charge in [0.05, 0.1) is 0 Å². The molecule has 0 saturated heterocycles. The SMILES string of the molecule is CCC1(CC)CC=C(c2[c]cccc2)CC1. The topological polar surface area (TPSA) is 0 Å². The van der Waals surface area contributed by atoms with Gasteiger partial charge in [-0.3, -0.25) is 0 Å². The Balaban J connectivity index is 2.15. The average Bonchev–Trinajstić information content (AvgIpc) is 2.40. The lowest BCUT2D eigenvalue weighted by atomic mass is 9.70. The maximum Gasteiger partial charge on any atom is -0.0103 e. The summed E-state index contributed by atoms with van der Waals surface area (Å²) < 4.78 is 0. The number of hydrogen-bond donors (Lipinski definition) is 0. The molecule has 0 aliphatic heterocycles. The number of allylic oxidation sites excluding steroid dienone is 2. The van der Waals surface area contributed by atoms with E-state index in [1.54, 1.807) is 0 Å². The van der Waals surface area contributed by atoms with Gasteiger partial charge in [-0.1, -0.05) is 57.0 Å². The van der Waals surface area contributed by atoms with Gasteiger partial charge in [0.1, 0.15) is 0 Å². The first-order valence-corrected chi connectivity index (χ1v) is 6.46. The summed E-state index contributed by atoms with van der Waals surface area (Å²) >= 11 is 0. The summed E-state index contributed by atoms with van der Waals surface area (Å²) in [6.45, 7) is 4.66. The highest BCUT2D eigenvalue weighted by atomic mass is 14.3. The van der Waals surface area contributed by atoms with Crippen molar-refractivity contribution in [3.63, 3.8) is 0 Å². The molecule has 85 valence electrons. The molecule has 2 rings (SSSR count). The summed E-state index contributed by atoms with van der Waals surface area (Å²) in [4.78, 5) is 0.